The highest BCUT2D eigenvalue weighted by Gasteiger charge is 2.50. The molecule has 1 N–H and O–H groups in total. The van der Waals surface area contributed by atoms with Gasteiger partial charge in [0.15, 0.2) is 0 Å². The van der Waals surface area contributed by atoms with Gasteiger partial charge in [0.25, 0.3) is 0 Å². The van der Waals surface area contributed by atoms with E-state index in [1.165, 1.54) is 7.11 Å². The molecule has 2 aromatic rings. The molecule has 0 spiro atoms. The average molecular weight is 351 g/mol. The van der Waals surface area contributed by atoms with Crippen LogP contribution >= 0.6 is 0 Å². The molecule has 2 aromatic carbocycles. The quantitative estimate of drug-likeness (QED) is 0.858. The minimum Gasteiger partial charge on any atom is -0.468 e. The molecule has 0 saturated carbocycles. The molecule has 3 atom stereocenters. The molecule has 1 amide bonds. The Morgan fingerprint density at radius 2 is 1.65 bits per heavy atom. The summed E-state index contributed by atoms with van der Waals surface area (Å²) in [5.41, 5.74) is 1.91. The van der Waals surface area contributed by atoms with Gasteiger partial charge in [0, 0.05) is 13.0 Å². The van der Waals surface area contributed by atoms with Crippen molar-refractivity contribution >= 4 is 11.9 Å². The number of benzene rings is 2. The highest BCUT2D eigenvalue weighted by atomic mass is 16.5. The number of rotatable bonds is 3. The molecule has 3 unspecified atom stereocenters. The van der Waals surface area contributed by atoms with Crippen LogP contribution in [0.3, 0.4) is 0 Å². The van der Waals surface area contributed by atoms with E-state index in [1.807, 2.05) is 65.7 Å². The van der Waals surface area contributed by atoms with E-state index < -0.39 is 12.2 Å². The average Bonchev–Trinajstić information content (AvgIpc) is 3.09. The van der Waals surface area contributed by atoms with Crippen LogP contribution in [0.1, 0.15) is 29.8 Å². The molecule has 6 nitrogen and oxygen atoms in total. The first-order chi connectivity index (χ1) is 12.7. The third-order valence-corrected chi connectivity index (χ3v) is 5.02. The second kappa shape index (κ2) is 6.90. The van der Waals surface area contributed by atoms with Crippen molar-refractivity contribution in [3.05, 3.63) is 71.8 Å². The van der Waals surface area contributed by atoms with E-state index >= 15 is 0 Å². The van der Waals surface area contributed by atoms with E-state index in [-0.39, 0.29) is 17.9 Å². The Bertz CT molecular complexity index is 796. The Morgan fingerprint density at radius 3 is 2.27 bits per heavy atom. The second-order valence-electron chi connectivity index (χ2n) is 6.49. The fourth-order valence-corrected chi connectivity index (χ4v) is 3.86. The number of methoxy groups -OCH3 is 1. The zero-order valence-corrected chi connectivity index (χ0v) is 14.5. The molecule has 26 heavy (non-hydrogen) atoms. The smallest absolute Gasteiger partial charge is 0.325 e. The molecule has 134 valence electrons. The highest BCUT2D eigenvalue weighted by Crippen LogP contribution is 2.39. The number of ether oxygens (including phenoxy) is 1. The Labute approximate surface area is 152 Å². The standard InChI is InChI=1S/C20H21N3O3/c1-26-20(25)17-18(14-8-4-2-5-9-14)22-13-12-16(24)23(22)19(21-17)15-10-6-3-7-11-15/h2-11,17-19,21H,12-13H2,1H3. The molecule has 0 bridgehead atoms. The first-order valence-electron chi connectivity index (χ1n) is 8.73. The van der Waals surface area contributed by atoms with Gasteiger partial charge in [-0.1, -0.05) is 60.7 Å². The summed E-state index contributed by atoms with van der Waals surface area (Å²) in [6.45, 7) is 0.580. The summed E-state index contributed by atoms with van der Waals surface area (Å²) in [6.07, 6.45) is 0.0395. The number of amides is 1. The van der Waals surface area contributed by atoms with Gasteiger partial charge in [-0.05, 0) is 11.1 Å². The van der Waals surface area contributed by atoms with Gasteiger partial charge in [0.2, 0.25) is 5.91 Å². The summed E-state index contributed by atoms with van der Waals surface area (Å²) < 4.78 is 5.07. The predicted octanol–water partition coefficient (Wildman–Crippen LogP) is 2.02. The minimum atomic E-state index is -0.574. The van der Waals surface area contributed by atoms with E-state index in [1.54, 1.807) is 5.01 Å². The SMILES string of the molecule is COC(=O)C1NC(c2ccccc2)N2C(=O)CCN2C1c1ccccc1. The van der Waals surface area contributed by atoms with Gasteiger partial charge in [-0.15, -0.1) is 0 Å². The molecule has 4 rings (SSSR count). The van der Waals surface area contributed by atoms with Crippen LogP contribution in [0.2, 0.25) is 0 Å². The Balaban J connectivity index is 1.79. The lowest BCUT2D eigenvalue weighted by Crippen LogP contribution is -2.63. The van der Waals surface area contributed by atoms with Gasteiger partial charge in [0.1, 0.15) is 12.2 Å². The lowest BCUT2D eigenvalue weighted by atomic mass is 9.96. The third-order valence-electron chi connectivity index (χ3n) is 5.02. The number of nitrogens with one attached hydrogen (secondary N) is 1. The molecule has 0 aromatic heterocycles. The van der Waals surface area contributed by atoms with E-state index in [2.05, 4.69) is 5.32 Å². The summed E-state index contributed by atoms with van der Waals surface area (Å²) >= 11 is 0. The number of hydrogen-bond donors (Lipinski definition) is 1. The molecule has 2 aliphatic heterocycles. The molecule has 6 heteroatoms. The van der Waals surface area contributed by atoms with Gasteiger partial charge in [-0.25, -0.2) is 5.01 Å². The summed E-state index contributed by atoms with van der Waals surface area (Å²) in [5, 5.41) is 7.12. The van der Waals surface area contributed by atoms with E-state index in [9.17, 15) is 9.59 Å². The molecule has 0 radical (unpaired) electrons. The fraction of sp³-hybridized carbons (Fsp3) is 0.300. The number of carbonyl (C=O) groups excluding carboxylic acids is 2. The van der Waals surface area contributed by atoms with Crippen LogP contribution in [0.25, 0.3) is 0 Å². The maximum atomic E-state index is 12.6. The summed E-state index contributed by atoms with van der Waals surface area (Å²) in [5.74, 6) is -0.283. The third kappa shape index (κ3) is 2.77. The molecule has 0 aliphatic carbocycles. The van der Waals surface area contributed by atoms with Crippen LogP contribution in [0.4, 0.5) is 0 Å². The van der Waals surface area contributed by atoms with Gasteiger partial charge in [-0.2, -0.15) is 0 Å². The molecule has 2 saturated heterocycles. The van der Waals surface area contributed by atoms with E-state index in [0.29, 0.717) is 13.0 Å². The van der Waals surface area contributed by atoms with Crippen LogP contribution in [-0.2, 0) is 14.3 Å². The maximum absolute atomic E-state index is 12.6. The molecule has 2 heterocycles. The zero-order valence-electron chi connectivity index (χ0n) is 14.5. The summed E-state index contributed by atoms with van der Waals surface area (Å²) in [4.78, 5) is 25.2. The van der Waals surface area contributed by atoms with Crippen LogP contribution in [0.15, 0.2) is 60.7 Å². The Kier molecular flexibility index (Phi) is 4.44. The minimum absolute atomic E-state index is 0.0515. The monoisotopic (exact) mass is 351 g/mol. The molecular weight excluding hydrogens is 330 g/mol. The normalized spacial score (nSPS) is 25.8. The lowest BCUT2D eigenvalue weighted by molar-refractivity contribution is -0.173. The lowest BCUT2D eigenvalue weighted by Gasteiger charge is -2.48. The van der Waals surface area contributed by atoms with Crippen molar-refractivity contribution in [3.8, 4) is 0 Å². The Morgan fingerprint density at radius 1 is 1.04 bits per heavy atom. The maximum Gasteiger partial charge on any atom is 0.325 e. The molecule has 2 aliphatic rings. The largest absolute Gasteiger partial charge is 0.468 e. The predicted molar refractivity (Wildman–Crippen MR) is 95.5 cm³/mol. The van der Waals surface area contributed by atoms with Crippen molar-refractivity contribution in [2.75, 3.05) is 13.7 Å². The highest BCUT2D eigenvalue weighted by molar-refractivity contribution is 5.81. The van der Waals surface area contributed by atoms with Gasteiger partial charge >= 0.3 is 5.97 Å². The van der Waals surface area contributed by atoms with Crippen molar-refractivity contribution in [3.63, 3.8) is 0 Å². The van der Waals surface area contributed by atoms with Gasteiger partial charge < -0.3 is 4.74 Å². The van der Waals surface area contributed by atoms with Crippen LogP contribution in [-0.4, -0.2) is 41.6 Å². The van der Waals surface area contributed by atoms with Crippen molar-refractivity contribution in [1.82, 2.24) is 15.3 Å². The van der Waals surface area contributed by atoms with Crippen molar-refractivity contribution in [1.29, 1.82) is 0 Å². The number of carbonyl (C=O) groups is 2. The van der Waals surface area contributed by atoms with Crippen LogP contribution < -0.4 is 5.32 Å². The van der Waals surface area contributed by atoms with Crippen molar-refractivity contribution in [2.45, 2.75) is 24.7 Å². The first kappa shape index (κ1) is 16.8. The first-order valence-corrected chi connectivity index (χ1v) is 8.73. The second-order valence-corrected chi connectivity index (χ2v) is 6.49. The topological polar surface area (TPSA) is 61.9 Å². The van der Waals surface area contributed by atoms with Crippen molar-refractivity contribution < 1.29 is 14.3 Å². The number of hydrogen-bond acceptors (Lipinski definition) is 5. The van der Waals surface area contributed by atoms with Gasteiger partial charge in [-0.3, -0.25) is 19.9 Å². The fourth-order valence-electron chi connectivity index (χ4n) is 3.86. The van der Waals surface area contributed by atoms with Crippen LogP contribution in [0, 0.1) is 0 Å². The summed E-state index contributed by atoms with van der Waals surface area (Å²) in [6, 6.07) is 18.6. The summed E-state index contributed by atoms with van der Waals surface area (Å²) in [7, 11) is 1.39. The number of hydrazine groups is 1. The number of nitrogens with zero attached hydrogens (tertiary/aromatic N) is 2. The van der Waals surface area contributed by atoms with Crippen LogP contribution in [0.5, 0.6) is 0 Å². The number of fused-ring (bicyclic) bond motifs is 1. The van der Waals surface area contributed by atoms with Gasteiger partial charge in [0.05, 0.1) is 13.2 Å². The zero-order chi connectivity index (χ0) is 18.1. The Hall–Kier alpha value is -2.70. The van der Waals surface area contributed by atoms with Crippen molar-refractivity contribution in [2.24, 2.45) is 0 Å². The van der Waals surface area contributed by atoms with E-state index in [0.717, 1.165) is 11.1 Å². The molecule has 2 fully saturated rings. The van der Waals surface area contributed by atoms with E-state index in [4.69, 9.17) is 4.74 Å². The molecular formula is C20H21N3O3. The number of esters is 1.